The van der Waals surface area contributed by atoms with Crippen molar-refractivity contribution >= 4 is 5.91 Å². The van der Waals surface area contributed by atoms with Gasteiger partial charge in [-0.1, -0.05) is 0 Å². The number of ether oxygens (including phenoxy) is 2. The largest absolute Gasteiger partial charge is 0.384 e. The molecule has 0 aromatic heterocycles. The van der Waals surface area contributed by atoms with Crippen LogP contribution in [-0.2, 0) is 14.3 Å². The van der Waals surface area contributed by atoms with Crippen LogP contribution in [0.2, 0.25) is 0 Å². The van der Waals surface area contributed by atoms with E-state index in [1.165, 1.54) is 32.4 Å². The lowest BCUT2D eigenvalue weighted by Gasteiger charge is -2.48. The van der Waals surface area contributed by atoms with Crippen LogP contribution in [0.1, 0.15) is 44.9 Å². The lowest BCUT2D eigenvalue weighted by Crippen LogP contribution is -2.54. The molecule has 0 saturated carbocycles. The van der Waals surface area contributed by atoms with Crippen molar-refractivity contribution < 1.29 is 14.3 Å². The first kappa shape index (κ1) is 16.2. The highest BCUT2D eigenvalue weighted by molar-refractivity contribution is 5.76. The standard InChI is InChI=1S/C17H30N2O3/c1-21-12-5-16(20)19-10-6-17(7-11-19)14-15(4-13-22-17)18-8-2-3-9-18/h15H,2-14H2,1H3. The first-order chi connectivity index (χ1) is 10.7. The van der Waals surface area contributed by atoms with Crippen molar-refractivity contribution in [1.82, 2.24) is 9.80 Å². The zero-order valence-electron chi connectivity index (χ0n) is 13.9. The Labute approximate surface area is 133 Å². The van der Waals surface area contributed by atoms with Crippen molar-refractivity contribution in [1.29, 1.82) is 0 Å². The summed E-state index contributed by atoms with van der Waals surface area (Å²) in [6.45, 7) is 5.63. The van der Waals surface area contributed by atoms with Gasteiger partial charge in [0.25, 0.3) is 0 Å². The fraction of sp³-hybridized carbons (Fsp3) is 0.941. The molecule has 3 fully saturated rings. The highest BCUT2D eigenvalue weighted by atomic mass is 16.5. The van der Waals surface area contributed by atoms with Crippen LogP contribution in [-0.4, -0.2) is 73.9 Å². The fourth-order valence-corrected chi connectivity index (χ4v) is 4.28. The van der Waals surface area contributed by atoms with Crippen molar-refractivity contribution in [2.45, 2.75) is 56.6 Å². The number of nitrogens with zero attached hydrogens (tertiary/aromatic N) is 2. The lowest BCUT2D eigenvalue weighted by molar-refractivity contribution is -0.149. The number of carbonyl (C=O) groups is 1. The number of piperidine rings is 1. The molecule has 5 heteroatoms. The van der Waals surface area contributed by atoms with Crippen molar-refractivity contribution in [2.24, 2.45) is 0 Å². The Balaban J connectivity index is 1.51. The van der Waals surface area contributed by atoms with Gasteiger partial charge in [-0.2, -0.15) is 0 Å². The van der Waals surface area contributed by atoms with E-state index in [1.807, 2.05) is 4.90 Å². The highest BCUT2D eigenvalue weighted by Gasteiger charge is 2.42. The van der Waals surface area contributed by atoms with Crippen LogP contribution in [0.15, 0.2) is 0 Å². The minimum atomic E-state index is 0.0313. The number of amides is 1. The number of carbonyl (C=O) groups excluding carboxylic acids is 1. The monoisotopic (exact) mass is 310 g/mol. The van der Waals surface area contributed by atoms with E-state index in [0.29, 0.717) is 19.1 Å². The number of methoxy groups -OCH3 is 1. The average Bonchev–Trinajstić information content (AvgIpc) is 3.08. The molecule has 3 aliphatic rings. The van der Waals surface area contributed by atoms with Crippen LogP contribution < -0.4 is 0 Å². The summed E-state index contributed by atoms with van der Waals surface area (Å²) in [6, 6.07) is 0.701. The predicted octanol–water partition coefficient (Wildman–Crippen LogP) is 1.66. The summed E-state index contributed by atoms with van der Waals surface area (Å²) in [6.07, 6.45) is 7.54. The maximum absolute atomic E-state index is 12.1. The molecule has 3 rings (SSSR count). The molecule has 3 saturated heterocycles. The van der Waals surface area contributed by atoms with E-state index >= 15 is 0 Å². The molecule has 5 nitrogen and oxygen atoms in total. The third kappa shape index (κ3) is 3.63. The number of hydrogen-bond donors (Lipinski definition) is 0. The van der Waals surface area contributed by atoms with Gasteiger partial charge in [0.15, 0.2) is 0 Å². The maximum Gasteiger partial charge on any atom is 0.224 e. The van der Waals surface area contributed by atoms with Crippen LogP contribution in [0.5, 0.6) is 0 Å². The van der Waals surface area contributed by atoms with Gasteiger partial charge in [0.05, 0.1) is 18.6 Å². The Bertz CT molecular complexity index is 374. The maximum atomic E-state index is 12.1. The van der Waals surface area contributed by atoms with Gasteiger partial charge in [0, 0.05) is 32.8 Å². The highest BCUT2D eigenvalue weighted by Crippen LogP contribution is 2.37. The van der Waals surface area contributed by atoms with Crippen LogP contribution in [0, 0.1) is 0 Å². The van der Waals surface area contributed by atoms with Gasteiger partial charge in [0.1, 0.15) is 0 Å². The quantitative estimate of drug-likeness (QED) is 0.792. The van der Waals surface area contributed by atoms with Crippen molar-refractivity contribution in [3.8, 4) is 0 Å². The van der Waals surface area contributed by atoms with E-state index in [1.54, 1.807) is 7.11 Å². The molecule has 1 spiro atoms. The molecule has 1 amide bonds. The molecule has 1 atom stereocenters. The topological polar surface area (TPSA) is 42.0 Å². The first-order valence-corrected chi connectivity index (χ1v) is 8.87. The Morgan fingerprint density at radius 3 is 2.64 bits per heavy atom. The number of rotatable bonds is 4. The Morgan fingerprint density at radius 2 is 1.95 bits per heavy atom. The molecule has 1 unspecified atom stereocenters. The molecule has 3 heterocycles. The average molecular weight is 310 g/mol. The van der Waals surface area contributed by atoms with E-state index in [2.05, 4.69) is 4.90 Å². The molecule has 0 radical (unpaired) electrons. The smallest absolute Gasteiger partial charge is 0.224 e. The normalized spacial score (nSPS) is 29.1. The first-order valence-electron chi connectivity index (χ1n) is 8.87. The number of likely N-dealkylation sites (tertiary alicyclic amines) is 2. The minimum absolute atomic E-state index is 0.0313. The van der Waals surface area contributed by atoms with Crippen LogP contribution in [0.4, 0.5) is 0 Å². The summed E-state index contributed by atoms with van der Waals surface area (Å²) in [4.78, 5) is 16.8. The molecular weight excluding hydrogens is 280 g/mol. The van der Waals surface area contributed by atoms with E-state index < -0.39 is 0 Å². The second-order valence-corrected chi connectivity index (χ2v) is 7.04. The summed E-state index contributed by atoms with van der Waals surface area (Å²) < 4.78 is 11.2. The van der Waals surface area contributed by atoms with Gasteiger partial charge in [-0.3, -0.25) is 4.79 Å². The van der Waals surface area contributed by atoms with Gasteiger partial charge in [-0.15, -0.1) is 0 Å². The Hall–Kier alpha value is -0.650. The SMILES string of the molecule is COCCC(=O)N1CCC2(CC1)CC(N1CCCC1)CCO2. The zero-order chi connectivity index (χ0) is 15.4. The summed E-state index contributed by atoms with van der Waals surface area (Å²) in [5.74, 6) is 0.226. The van der Waals surface area contributed by atoms with E-state index in [9.17, 15) is 4.79 Å². The minimum Gasteiger partial charge on any atom is -0.384 e. The van der Waals surface area contributed by atoms with Gasteiger partial charge in [0.2, 0.25) is 5.91 Å². The molecule has 0 aliphatic carbocycles. The second kappa shape index (κ2) is 7.28. The molecule has 126 valence electrons. The Morgan fingerprint density at radius 1 is 1.23 bits per heavy atom. The molecule has 0 aromatic carbocycles. The van der Waals surface area contributed by atoms with Gasteiger partial charge >= 0.3 is 0 Å². The second-order valence-electron chi connectivity index (χ2n) is 7.04. The third-order valence-corrected chi connectivity index (χ3v) is 5.67. The summed E-state index contributed by atoms with van der Waals surface area (Å²) >= 11 is 0. The summed E-state index contributed by atoms with van der Waals surface area (Å²) in [7, 11) is 1.65. The van der Waals surface area contributed by atoms with Crippen molar-refractivity contribution in [2.75, 3.05) is 46.5 Å². The van der Waals surface area contributed by atoms with Gasteiger partial charge in [-0.25, -0.2) is 0 Å². The molecular formula is C17H30N2O3. The summed E-state index contributed by atoms with van der Waals surface area (Å²) in [5.41, 5.74) is 0.0313. The molecule has 3 aliphatic heterocycles. The molecule has 0 bridgehead atoms. The third-order valence-electron chi connectivity index (χ3n) is 5.67. The summed E-state index contributed by atoms with van der Waals surface area (Å²) in [5, 5.41) is 0. The van der Waals surface area contributed by atoms with Gasteiger partial charge < -0.3 is 19.3 Å². The van der Waals surface area contributed by atoms with Crippen LogP contribution in [0.3, 0.4) is 0 Å². The Kier molecular flexibility index (Phi) is 5.37. The van der Waals surface area contributed by atoms with Crippen molar-refractivity contribution in [3.05, 3.63) is 0 Å². The van der Waals surface area contributed by atoms with Crippen LogP contribution >= 0.6 is 0 Å². The van der Waals surface area contributed by atoms with E-state index in [0.717, 1.165) is 39.0 Å². The van der Waals surface area contributed by atoms with E-state index in [4.69, 9.17) is 9.47 Å². The molecule has 0 aromatic rings. The lowest BCUT2D eigenvalue weighted by atomic mass is 9.82. The zero-order valence-corrected chi connectivity index (χ0v) is 13.9. The number of hydrogen-bond acceptors (Lipinski definition) is 4. The molecule has 22 heavy (non-hydrogen) atoms. The van der Waals surface area contributed by atoms with Crippen molar-refractivity contribution in [3.63, 3.8) is 0 Å². The molecule has 0 N–H and O–H groups in total. The van der Waals surface area contributed by atoms with Crippen LogP contribution in [0.25, 0.3) is 0 Å². The van der Waals surface area contributed by atoms with Gasteiger partial charge in [-0.05, 0) is 51.6 Å². The fourth-order valence-electron chi connectivity index (χ4n) is 4.28. The predicted molar refractivity (Wildman–Crippen MR) is 84.8 cm³/mol. The van der Waals surface area contributed by atoms with E-state index in [-0.39, 0.29) is 11.5 Å².